The van der Waals surface area contributed by atoms with Crippen LogP contribution < -0.4 is 14.4 Å². The highest BCUT2D eigenvalue weighted by molar-refractivity contribution is 6.02. The van der Waals surface area contributed by atoms with Gasteiger partial charge in [0.15, 0.2) is 0 Å². The van der Waals surface area contributed by atoms with Crippen LogP contribution >= 0.6 is 0 Å². The zero-order valence-electron chi connectivity index (χ0n) is 25.8. The van der Waals surface area contributed by atoms with Crippen LogP contribution in [-0.2, 0) is 11.3 Å². The van der Waals surface area contributed by atoms with Crippen molar-refractivity contribution < 1.29 is 14.3 Å². The average Bonchev–Trinajstić information content (AvgIpc) is 2.96. The number of hydrogen-bond acceptors (Lipinski definition) is 5. The van der Waals surface area contributed by atoms with E-state index in [9.17, 15) is 4.79 Å². The van der Waals surface area contributed by atoms with Crippen LogP contribution in [0.1, 0.15) is 51.2 Å². The summed E-state index contributed by atoms with van der Waals surface area (Å²) >= 11 is 0. The van der Waals surface area contributed by atoms with E-state index >= 15 is 0 Å². The highest BCUT2D eigenvalue weighted by atomic mass is 16.5. The summed E-state index contributed by atoms with van der Waals surface area (Å²) in [6, 6.07) is 22.8. The highest BCUT2D eigenvalue weighted by Gasteiger charge is 2.25. The lowest BCUT2D eigenvalue weighted by atomic mass is 9.91. The van der Waals surface area contributed by atoms with Gasteiger partial charge in [-0.3, -0.25) is 9.69 Å². The van der Waals surface area contributed by atoms with Crippen LogP contribution in [0, 0.1) is 12.3 Å². The molecule has 0 saturated carbocycles. The molecule has 4 aromatic rings. The zero-order chi connectivity index (χ0) is 29.9. The molecule has 6 heteroatoms. The molecule has 6 nitrogen and oxygen atoms in total. The molecular weight excluding hydrogens is 522 g/mol. The summed E-state index contributed by atoms with van der Waals surface area (Å²) in [5.74, 6) is 2.49. The van der Waals surface area contributed by atoms with Gasteiger partial charge in [0.2, 0.25) is 5.91 Å². The molecule has 42 heavy (non-hydrogen) atoms. The number of aromatic nitrogens is 1. The third-order valence-corrected chi connectivity index (χ3v) is 7.94. The fourth-order valence-corrected chi connectivity index (χ4v) is 5.60. The second kappa shape index (κ2) is 12.5. The van der Waals surface area contributed by atoms with Crippen molar-refractivity contribution in [3.8, 4) is 22.6 Å². The van der Waals surface area contributed by atoms with Gasteiger partial charge in [-0.05, 0) is 96.3 Å². The van der Waals surface area contributed by atoms with Gasteiger partial charge in [0, 0.05) is 31.1 Å². The molecule has 1 saturated heterocycles. The molecule has 5 rings (SSSR count). The molecule has 0 N–H and O–H groups in total. The van der Waals surface area contributed by atoms with Gasteiger partial charge in [-0.1, -0.05) is 51.1 Å². The van der Waals surface area contributed by atoms with Gasteiger partial charge >= 0.3 is 0 Å². The van der Waals surface area contributed by atoms with Gasteiger partial charge in [-0.2, -0.15) is 0 Å². The normalized spacial score (nSPS) is 14.6. The van der Waals surface area contributed by atoms with Crippen LogP contribution in [0.3, 0.4) is 0 Å². The molecule has 0 spiro atoms. The summed E-state index contributed by atoms with van der Waals surface area (Å²) in [7, 11) is 3.85. The maximum Gasteiger partial charge on any atom is 0.229 e. The number of piperidine rings is 1. The second-order valence-electron chi connectivity index (χ2n) is 12.7. The minimum absolute atomic E-state index is 0.0593. The summed E-state index contributed by atoms with van der Waals surface area (Å²) in [6.45, 7) is 10.9. The standard InChI is InChI=1S/C36H43N3O3/c1-25-21-28(11-14-33(25)41-6)27-9-7-26(8-10-27)24-39(34(40)23-36(2,3)4)35-32-13-12-31(22-29(32)15-18-37-35)42-30-16-19-38(5)20-17-30/h7-15,18,21-22,30H,16-17,19-20,23-24H2,1-6H3. The number of pyridine rings is 1. The van der Waals surface area contributed by atoms with Gasteiger partial charge in [0.05, 0.1) is 13.7 Å². The van der Waals surface area contributed by atoms with E-state index in [1.807, 2.05) is 23.1 Å². The third-order valence-electron chi connectivity index (χ3n) is 7.94. The molecule has 0 radical (unpaired) electrons. The maximum atomic E-state index is 13.8. The van der Waals surface area contributed by atoms with Crippen LogP contribution in [-0.4, -0.2) is 49.1 Å². The van der Waals surface area contributed by atoms with E-state index in [-0.39, 0.29) is 17.4 Å². The fourth-order valence-electron chi connectivity index (χ4n) is 5.60. The molecule has 2 heterocycles. The Balaban J connectivity index is 1.42. The molecular formula is C36H43N3O3. The van der Waals surface area contributed by atoms with Crippen LogP contribution in [0.2, 0.25) is 0 Å². The van der Waals surface area contributed by atoms with Crippen molar-refractivity contribution in [2.45, 2.75) is 59.6 Å². The number of hydrogen-bond donors (Lipinski definition) is 0. The van der Waals surface area contributed by atoms with Gasteiger partial charge in [-0.25, -0.2) is 4.98 Å². The van der Waals surface area contributed by atoms with E-state index in [0.29, 0.717) is 18.8 Å². The van der Waals surface area contributed by atoms with E-state index in [2.05, 4.69) is 88.2 Å². The first-order valence-corrected chi connectivity index (χ1v) is 14.9. The number of carbonyl (C=O) groups is 1. The Morgan fingerprint density at radius 1 is 0.976 bits per heavy atom. The summed E-state index contributed by atoms with van der Waals surface area (Å²) in [5.41, 5.74) is 4.25. The topological polar surface area (TPSA) is 54.9 Å². The van der Waals surface area contributed by atoms with Crippen molar-refractivity contribution in [1.29, 1.82) is 0 Å². The molecule has 1 fully saturated rings. The number of likely N-dealkylation sites (tertiary alicyclic amines) is 1. The summed E-state index contributed by atoms with van der Waals surface area (Å²) < 4.78 is 11.8. The number of ether oxygens (including phenoxy) is 2. The Morgan fingerprint density at radius 2 is 1.69 bits per heavy atom. The summed E-state index contributed by atoms with van der Waals surface area (Å²) in [4.78, 5) is 22.7. The highest BCUT2D eigenvalue weighted by Crippen LogP contribution is 2.32. The van der Waals surface area contributed by atoms with Crippen molar-refractivity contribution in [2.24, 2.45) is 5.41 Å². The van der Waals surface area contributed by atoms with Crippen molar-refractivity contribution in [2.75, 3.05) is 32.1 Å². The Labute approximate surface area is 250 Å². The Hall–Kier alpha value is -3.90. The van der Waals surface area contributed by atoms with Crippen LogP contribution in [0.4, 0.5) is 5.82 Å². The number of carbonyl (C=O) groups excluding carboxylic acids is 1. The van der Waals surface area contributed by atoms with Crippen molar-refractivity contribution in [3.63, 3.8) is 0 Å². The fraction of sp³-hybridized carbons (Fsp3) is 0.389. The van der Waals surface area contributed by atoms with Gasteiger partial charge in [0.1, 0.15) is 23.4 Å². The number of aryl methyl sites for hydroxylation is 1. The number of nitrogens with zero attached hydrogens (tertiary/aromatic N) is 3. The summed E-state index contributed by atoms with van der Waals surface area (Å²) in [6.07, 6.45) is 4.51. The quantitative estimate of drug-likeness (QED) is 0.220. The predicted molar refractivity (Wildman–Crippen MR) is 171 cm³/mol. The van der Waals surface area contributed by atoms with E-state index in [4.69, 9.17) is 14.5 Å². The molecule has 0 unspecified atom stereocenters. The molecule has 220 valence electrons. The van der Waals surface area contributed by atoms with E-state index in [1.165, 1.54) is 0 Å². The Kier molecular flexibility index (Phi) is 8.83. The second-order valence-corrected chi connectivity index (χ2v) is 12.7. The van der Waals surface area contributed by atoms with Crippen LogP contribution in [0.5, 0.6) is 11.5 Å². The SMILES string of the molecule is COc1ccc(-c2ccc(CN(C(=O)CC(C)(C)C)c3nccc4cc(OC5CCN(C)CC5)ccc34)cc2)cc1C. The maximum absolute atomic E-state index is 13.8. The smallest absolute Gasteiger partial charge is 0.229 e. The summed E-state index contributed by atoms with van der Waals surface area (Å²) in [5, 5.41) is 1.96. The number of anilines is 1. The van der Waals surface area contributed by atoms with E-state index in [0.717, 1.165) is 70.5 Å². The molecule has 1 aliphatic heterocycles. The third kappa shape index (κ3) is 7.11. The minimum atomic E-state index is -0.148. The van der Waals surface area contributed by atoms with Crippen molar-refractivity contribution >= 4 is 22.5 Å². The first-order chi connectivity index (χ1) is 20.1. The lowest BCUT2D eigenvalue weighted by Gasteiger charge is -2.29. The lowest BCUT2D eigenvalue weighted by molar-refractivity contribution is -0.120. The predicted octanol–water partition coefficient (Wildman–Crippen LogP) is 7.66. The monoisotopic (exact) mass is 565 g/mol. The number of fused-ring (bicyclic) bond motifs is 1. The largest absolute Gasteiger partial charge is 0.496 e. The average molecular weight is 566 g/mol. The Bertz CT molecular complexity index is 1530. The molecule has 1 amide bonds. The number of rotatable bonds is 8. The minimum Gasteiger partial charge on any atom is -0.496 e. The first kappa shape index (κ1) is 29.6. The lowest BCUT2D eigenvalue weighted by Crippen LogP contribution is -2.35. The first-order valence-electron chi connectivity index (χ1n) is 14.9. The van der Waals surface area contributed by atoms with E-state index in [1.54, 1.807) is 13.3 Å². The molecule has 1 aromatic heterocycles. The molecule has 3 aromatic carbocycles. The van der Waals surface area contributed by atoms with Crippen molar-refractivity contribution in [1.82, 2.24) is 9.88 Å². The molecule has 1 aliphatic rings. The Morgan fingerprint density at radius 3 is 2.36 bits per heavy atom. The van der Waals surface area contributed by atoms with Crippen LogP contribution in [0.15, 0.2) is 72.9 Å². The molecule has 0 bridgehead atoms. The van der Waals surface area contributed by atoms with Crippen LogP contribution in [0.25, 0.3) is 21.9 Å². The van der Waals surface area contributed by atoms with E-state index < -0.39 is 0 Å². The zero-order valence-corrected chi connectivity index (χ0v) is 25.8. The van der Waals surface area contributed by atoms with Gasteiger partial charge < -0.3 is 14.4 Å². The number of amides is 1. The van der Waals surface area contributed by atoms with Gasteiger partial charge in [0.25, 0.3) is 0 Å². The van der Waals surface area contributed by atoms with Crippen molar-refractivity contribution in [3.05, 3.63) is 84.1 Å². The number of methoxy groups -OCH3 is 1. The molecule has 0 atom stereocenters. The van der Waals surface area contributed by atoms with Gasteiger partial charge in [-0.15, -0.1) is 0 Å². The number of benzene rings is 3. The molecule has 0 aliphatic carbocycles.